The fourth-order valence-corrected chi connectivity index (χ4v) is 2.26. The SMILES string of the molecule is CCOC(=O)[C@H]1CCCC[C@H]1CC. The van der Waals surface area contributed by atoms with E-state index in [1.165, 1.54) is 19.3 Å². The Kier molecular flexibility index (Phi) is 4.26. The number of carbonyl (C=O) groups is 1. The van der Waals surface area contributed by atoms with Gasteiger partial charge in [-0.1, -0.05) is 26.2 Å². The van der Waals surface area contributed by atoms with Gasteiger partial charge in [0, 0.05) is 0 Å². The third-order valence-corrected chi connectivity index (χ3v) is 3.02. The molecule has 1 aliphatic rings. The highest BCUT2D eigenvalue weighted by atomic mass is 16.5. The van der Waals surface area contributed by atoms with Gasteiger partial charge in [0.25, 0.3) is 0 Å². The summed E-state index contributed by atoms with van der Waals surface area (Å²) in [7, 11) is 0. The largest absolute Gasteiger partial charge is 0.466 e. The van der Waals surface area contributed by atoms with Crippen LogP contribution in [0.3, 0.4) is 0 Å². The first kappa shape index (κ1) is 10.6. The van der Waals surface area contributed by atoms with Crippen LogP contribution in [-0.4, -0.2) is 12.6 Å². The summed E-state index contributed by atoms with van der Waals surface area (Å²) in [6.45, 7) is 4.57. The van der Waals surface area contributed by atoms with E-state index in [1.54, 1.807) is 0 Å². The molecule has 76 valence electrons. The van der Waals surface area contributed by atoms with Crippen LogP contribution in [0.5, 0.6) is 0 Å². The van der Waals surface area contributed by atoms with Crippen LogP contribution >= 0.6 is 0 Å². The summed E-state index contributed by atoms with van der Waals surface area (Å²) in [6, 6.07) is 0. The minimum Gasteiger partial charge on any atom is -0.466 e. The summed E-state index contributed by atoms with van der Waals surface area (Å²) >= 11 is 0. The van der Waals surface area contributed by atoms with Gasteiger partial charge in [-0.25, -0.2) is 0 Å². The van der Waals surface area contributed by atoms with Gasteiger partial charge in [-0.15, -0.1) is 0 Å². The lowest BCUT2D eigenvalue weighted by molar-refractivity contribution is -0.151. The second kappa shape index (κ2) is 5.25. The van der Waals surface area contributed by atoms with Crippen molar-refractivity contribution < 1.29 is 9.53 Å². The highest BCUT2D eigenvalue weighted by Crippen LogP contribution is 2.32. The van der Waals surface area contributed by atoms with Crippen LogP contribution in [0, 0.1) is 11.8 Å². The lowest BCUT2D eigenvalue weighted by Gasteiger charge is -2.28. The minimum absolute atomic E-state index is 0.0362. The van der Waals surface area contributed by atoms with Crippen LogP contribution < -0.4 is 0 Å². The summed E-state index contributed by atoms with van der Waals surface area (Å²) in [5.41, 5.74) is 0. The molecule has 1 rings (SSSR count). The molecule has 1 saturated carbocycles. The smallest absolute Gasteiger partial charge is 0.309 e. The number of ether oxygens (including phenoxy) is 1. The first-order valence-electron chi connectivity index (χ1n) is 5.46. The maximum absolute atomic E-state index is 11.5. The van der Waals surface area contributed by atoms with Crippen LogP contribution in [0.15, 0.2) is 0 Å². The van der Waals surface area contributed by atoms with Crippen molar-refractivity contribution in [2.45, 2.75) is 46.0 Å². The van der Waals surface area contributed by atoms with Crippen molar-refractivity contribution in [2.24, 2.45) is 11.8 Å². The fourth-order valence-electron chi connectivity index (χ4n) is 2.26. The first-order chi connectivity index (χ1) is 6.29. The zero-order valence-corrected chi connectivity index (χ0v) is 8.71. The molecule has 0 aliphatic heterocycles. The zero-order valence-electron chi connectivity index (χ0n) is 8.71. The Hall–Kier alpha value is -0.530. The molecule has 0 aromatic heterocycles. The third-order valence-electron chi connectivity index (χ3n) is 3.02. The van der Waals surface area contributed by atoms with Crippen molar-refractivity contribution >= 4 is 5.97 Å². The zero-order chi connectivity index (χ0) is 9.68. The second-order valence-electron chi connectivity index (χ2n) is 3.81. The van der Waals surface area contributed by atoms with Gasteiger partial charge in [0.2, 0.25) is 0 Å². The molecule has 1 aliphatic carbocycles. The van der Waals surface area contributed by atoms with Gasteiger partial charge in [-0.05, 0) is 25.7 Å². The molecule has 0 N–H and O–H groups in total. The van der Waals surface area contributed by atoms with Crippen molar-refractivity contribution in [3.8, 4) is 0 Å². The Balaban J connectivity index is 2.48. The Labute approximate surface area is 80.7 Å². The van der Waals surface area contributed by atoms with Gasteiger partial charge < -0.3 is 4.74 Å². The van der Waals surface area contributed by atoms with E-state index in [1.807, 2.05) is 6.92 Å². The summed E-state index contributed by atoms with van der Waals surface area (Å²) in [4.78, 5) is 11.5. The molecular formula is C11H20O2. The van der Waals surface area contributed by atoms with Crippen LogP contribution in [-0.2, 0) is 9.53 Å². The molecule has 2 atom stereocenters. The van der Waals surface area contributed by atoms with Crippen molar-refractivity contribution in [2.75, 3.05) is 6.61 Å². The molecule has 0 unspecified atom stereocenters. The standard InChI is InChI=1S/C11H20O2/c1-3-9-7-5-6-8-10(9)11(12)13-4-2/h9-10H,3-8H2,1-2H3/t9-,10+/m1/s1. The van der Waals surface area contributed by atoms with E-state index >= 15 is 0 Å². The average molecular weight is 184 g/mol. The number of hydrogen-bond donors (Lipinski definition) is 0. The van der Waals surface area contributed by atoms with Gasteiger partial charge in [0.1, 0.15) is 0 Å². The predicted molar refractivity (Wildman–Crippen MR) is 52.4 cm³/mol. The van der Waals surface area contributed by atoms with Crippen LogP contribution in [0.4, 0.5) is 0 Å². The molecule has 0 radical (unpaired) electrons. The van der Waals surface area contributed by atoms with E-state index in [0.29, 0.717) is 12.5 Å². The predicted octanol–water partition coefficient (Wildman–Crippen LogP) is 2.77. The van der Waals surface area contributed by atoms with E-state index in [-0.39, 0.29) is 11.9 Å². The summed E-state index contributed by atoms with van der Waals surface area (Å²) in [5.74, 6) is 0.806. The maximum atomic E-state index is 11.5. The normalized spacial score (nSPS) is 28.5. The van der Waals surface area contributed by atoms with Crippen LogP contribution in [0.2, 0.25) is 0 Å². The van der Waals surface area contributed by atoms with E-state index in [0.717, 1.165) is 12.8 Å². The Morgan fingerprint density at radius 3 is 2.62 bits per heavy atom. The van der Waals surface area contributed by atoms with Gasteiger partial charge in [0.15, 0.2) is 0 Å². The quantitative estimate of drug-likeness (QED) is 0.630. The molecule has 1 fully saturated rings. The summed E-state index contributed by atoms with van der Waals surface area (Å²) in [5, 5.41) is 0. The van der Waals surface area contributed by atoms with Crippen molar-refractivity contribution in [3.63, 3.8) is 0 Å². The topological polar surface area (TPSA) is 26.3 Å². The summed E-state index contributed by atoms with van der Waals surface area (Å²) in [6.07, 6.45) is 5.84. The van der Waals surface area contributed by atoms with E-state index < -0.39 is 0 Å². The highest BCUT2D eigenvalue weighted by Gasteiger charge is 2.30. The molecule has 13 heavy (non-hydrogen) atoms. The van der Waals surface area contributed by atoms with Crippen molar-refractivity contribution in [1.82, 2.24) is 0 Å². The molecule has 0 aromatic rings. The van der Waals surface area contributed by atoms with Gasteiger partial charge in [0.05, 0.1) is 12.5 Å². The third kappa shape index (κ3) is 2.71. The summed E-state index contributed by atoms with van der Waals surface area (Å²) < 4.78 is 5.07. The lowest BCUT2D eigenvalue weighted by atomic mass is 9.78. The second-order valence-corrected chi connectivity index (χ2v) is 3.81. The Morgan fingerprint density at radius 1 is 1.31 bits per heavy atom. The van der Waals surface area contributed by atoms with Crippen molar-refractivity contribution in [3.05, 3.63) is 0 Å². The van der Waals surface area contributed by atoms with Gasteiger partial charge in [-0.3, -0.25) is 4.79 Å². The molecule has 0 heterocycles. The molecule has 0 spiro atoms. The van der Waals surface area contributed by atoms with Gasteiger partial charge >= 0.3 is 5.97 Å². The van der Waals surface area contributed by atoms with Crippen LogP contribution in [0.1, 0.15) is 46.0 Å². The average Bonchev–Trinajstić information content (AvgIpc) is 2.18. The highest BCUT2D eigenvalue weighted by molar-refractivity contribution is 5.72. The van der Waals surface area contributed by atoms with E-state index in [9.17, 15) is 4.79 Å². The maximum Gasteiger partial charge on any atom is 0.309 e. The number of hydrogen-bond acceptors (Lipinski definition) is 2. The molecular weight excluding hydrogens is 164 g/mol. The Morgan fingerprint density at radius 2 is 2.00 bits per heavy atom. The molecule has 2 nitrogen and oxygen atoms in total. The molecule has 2 heteroatoms. The minimum atomic E-state index is 0.0362. The van der Waals surface area contributed by atoms with E-state index in [2.05, 4.69) is 6.92 Å². The van der Waals surface area contributed by atoms with Gasteiger partial charge in [-0.2, -0.15) is 0 Å². The first-order valence-corrected chi connectivity index (χ1v) is 5.46. The Bertz CT molecular complexity index is 165. The lowest BCUT2D eigenvalue weighted by Crippen LogP contribution is -2.28. The molecule has 0 bridgehead atoms. The fraction of sp³-hybridized carbons (Fsp3) is 0.909. The molecule has 0 amide bonds. The number of rotatable bonds is 3. The molecule has 0 saturated heterocycles. The van der Waals surface area contributed by atoms with E-state index in [4.69, 9.17) is 4.74 Å². The van der Waals surface area contributed by atoms with Crippen molar-refractivity contribution in [1.29, 1.82) is 0 Å². The monoisotopic (exact) mass is 184 g/mol. The van der Waals surface area contributed by atoms with Crippen LogP contribution in [0.25, 0.3) is 0 Å². The molecule has 0 aromatic carbocycles. The number of carbonyl (C=O) groups excluding carboxylic acids is 1. The number of esters is 1.